The van der Waals surface area contributed by atoms with E-state index >= 15 is 0 Å². The van der Waals surface area contributed by atoms with Crippen molar-refractivity contribution in [2.75, 3.05) is 5.73 Å². The van der Waals surface area contributed by atoms with Gasteiger partial charge in [-0.2, -0.15) is 5.26 Å². The number of nitrogens with zero attached hydrogens (tertiary/aromatic N) is 2. The van der Waals surface area contributed by atoms with Crippen LogP contribution in [0, 0.1) is 11.3 Å². The minimum atomic E-state index is -2.73. The molecule has 0 spiro atoms. The van der Waals surface area contributed by atoms with Gasteiger partial charge in [0, 0.05) is 12.1 Å². The number of rotatable bonds is 2. The van der Waals surface area contributed by atoms with Gasteiger partial charge in [0.05, 0.1) is 11.4 Å². The van der Waals surface area contributed by atoms with Crippen molar-refractivity contribution in [3.05, 3.63) is 23.0 Å². The van der Waals surface area contributed by atoms with Crippen molar-refractivity contribution >= 4 is 5.69 Å². The summed E-state index contributed by atoms with van der Waals surface area (Å²) in [4.78, 5) is 3.71. The molecule has 0 radical (unpaired) electrons. The summed E-state index contributed by atoms with van der Waals surface area (Å²) < 4.78 is 24.8. The molecule has 4 nitrogen and oxygen atoms in total. The third-order valence-corrected chi connectivity index (χ3v) is 1.71. The predicted octanol–water partition coefficient (Wildman–Crippen LogP) is 0.932. The minimum Gasteiger partial charge on any atom is -0.397 e. The van der Waals surface area contributed by atoms with Gasteiger partial charge >= 0.3 is 0 Å². The van der Waals surface area contributed by atoms with Crippen LogP contribution in [-0.2, 0) is 6.54 Å². The Labute approximate surface area is 79.1 Å². The molecular formula is C8H8F2N4. The summed E-state index contributed by atoms with van der Waals surface area (Å²) in [6, 6.07) is 2.64. The minimum absolute atomic E-state index is 0.0684. The van der Waals surface area contributed by atoms with Crippen LogP contribution in [0.4, 0.5) is 14.5 Å². The first kappa shape index (κ1) is 10.3. The lowest BCUT2D eigenvalue weighted by atomic mass is 10.1. The molecule has 0 saturated carbocycles. The highest BCUT2D eigenvalue weighted by atomic mass is 19.3. The number of pyridine rings is 1. The normalized spacial score (nSPS) is 10.2. The van der Waals surface area contributed by atoms with E-state index in [1.165, 1.54) is 0 Å². The predicted molar refractivity (Wildman–Crippen MR) is 46.2 cm³/mol. The summed E-state index contributed by atoms with van der Waals surface area (Å²) in [5, 5.41) is 8.52. The molecule has 1 rings (SSSR count). The molecule has 1 heterocycles. The molecule has 0 bridgehead atoms. The summed E-state index contributed by atoms with van der Waals surface area (Å²) in [7, 11) is 0. The van der Waals surface area contributed by atoms with E-state index in [0.29, 0.717) is 0 Å². The third kappa shape index (κ3) is 1.78. The molecule has 74 valence electrons. The first-order valence-electron chi connectivity index (χ1n) is 3.77. The Morgan fingerprint density at radius 2 is 2.21 bits per heavy atom. The first-order chi connectivity index (χ1) is 6.60. The summed E-state index contributed by atoms with van der Waals surface area (Å²) >= 11 is 0. The summed E-state index contributed by atoms with van der Waals surface area (Å²) in [5.41, 5.74) is 10.1. The molecule has 0 amide bonds. The Balaban J connectivity index is 3.36. The molecule has 0 aliphatic carbocycles. The second-order valence-electron chi connectivity index (χ2n) is 2.57. The van der Waals surface area contributed by atoms with Crippen molar-refractivity contribution in [3.63, 3.8) is 0 Å². The molecule has 0 aromatic carbocycles. The van der Waals surface area contributed by atoms with Gasteiger partial charge in [0.15, 0.2) is 0 Å². The highest BCUT2D eigenvalue weighted by molar-refractivity contribution is 5.53. The van der Waals surface area contributed by atoms with Crippen LogP contribution in [0.5, 0.6) is 0 Å². The number of alkyl halides is 2. The maximum absolute atomic E-state index is 12.4. The summed E-state index contributed by atoms with van der Waals surface area (Å²) in [6.45, 7) is -0.0684. The van der Waals surface area contributed by atoms with Crippen LogP contribution in [0.15, 0.2) is 6.07 Å². The van der Waals surface area contributed by atoms with Crippen molar-refractivity contribution in [3.8, 4) is 6.07 Å². The third-order valence-electron chi connectivity index (χ3n) is 1.71. The molecule has 14 heavy (non-hydrogen) atoms. The molecule has 0 saturated heterocycles. The van der Waals surface area contributed by atoms with E-state index in [1.807, 2.05) is 0 Å². The van der Waals surface area contributed by atoms with Gasteiger partial charge in [-0.1, -0.05) is 0 Å². The number of nitriles is 1. The van der Waals surface area contributed by atoms with E-state index < -0.39 is 12.0 Å². The molecule has 6 heteroatoms. The molecular weight excluding hydrogens is 190 g/mol. The lowest BCUT2D eigenvalue weighted by Crippen LogP contribution is -2.09. The van der Waals surface area contributed by atoms with Gasteiger partial charge in [0.25, 0.3) is 6.43 Å². The van der Waals surface area contributed by atoms with Crippen LogP contribution in [-0.4, -0.2) is 4.98 Å². The molecule has 0 aliphatic heterocycles. The van der Waals surface area contributed by atoms with Gasteiger partial charge < -0.3 is 11.5 Å². The molecule has 0 atom stereocenters. The average Bonchev–Trinajstić information content (AvgIpc) is 2.17. The topological polar surface area (TPSA) is 88.7 Å². The Kier molecular flexibility index (Phi) is 2.94. The van der Waals surface area contributed by atoms with Gasteiger partial charge in [-0.05, 0) is 6.07 Å². The Morgan fingerprint density at radius 1 is 1.57 bits per heavy atom. The van der Waals surface area contributed by atoms with E-state index in [0.717, 1.165) is 6.07 Å². The molecule has 4 N–H and O–H groups in total. The average molecular weight is 198 g/mol. The Morgan fingerprint density at radius 3 is 2.64 bits per heavy atom. The zero-order chi connectivity index (χ0) is 10.7. The zero-order valence-electron chi connectivity index (χ0n) is 7.17. The lowest BCUT2D eigenvalue weighted by molar-refractivity contribution is 0.152. The number of hydrogen-bond donors (Lipinski definition) is 2. The van der Waals surface area contributed by atoms with Gasteiger partial charge in [0.1, 0.15) is 11.8 Å². The van der Waals surface area contributed by atoms with Crippen molar-refractivity contribution in [1.29, 1.82) is 5.26 Å². The fraction of sp³-hybridized carbons (Fsp3) is 0.250. The number of aromatic nitrogens is 1. The van der Waals surface area contributed by atoms with Gasteiger partial charge in [0.2, 0.25) is 0 Å². The van der Waals surface area contributed by atoms with Crippen molar-refractivity contribution in [1.82, 2.24) is 4.98 Å². The molecule has 1 aromatic rings. The highest BCUT2D eigenvalue weighted by Gasteiger charge is 2.16. The summed E-state index contributed by atoms with van der Waals surface area (Å²) in [6.07, 6.45) is -2.73. The molecule has 0 unspecified atom stereocenters. The van der Waals surface area contributed by atoms with Gasteiger partial charge in [-0.15, -0.1) is 0 Å². The van der Waals surface area contributed by atoms with E-state index in [-0.39, 0.29) is 23.6 Å². The number of nitrogen functional groups attached to an aromatic ring is 1. The number of nitrogens with two attached hydrogens (primary N) is 2. The van der Waals surface area contributed by atoms with Crippen LogP contribution < -0.4 is 11.5 Å². The second kappa shape index (κ2) is 3.98. The fourth-order valence-electron chi connectivity index (χ4n) is 1.02. The maximum Gasteiger partial charge on any atom is 0.265 e. The molecule has 1 aromatic heterocycles. The van der Waals surface area contributed by atoms with Crippen LogP contribution in [0.25, 0.3) is 0 Å². The fourth-order valence-corrected chi connectivity index (χ4v) is 1.02. The quantitative estimate of drug-likeness (QED) is 0.739. The van der Waals surface area contributed by atoms with Crippen LogP contribution in [0.1, 0.15) is 23.4 Å². The van der Waals surface area contributed by atoms with E-state index in [9.17, 15) is 8.78 Å². The molecule has 0 aliphatic rings. The van der Waals surface area contributed by atoms with Crippen LogP contribution >= 0.6 is 0 Å². The number of halogens is 2. The highest BCUT2D eigenvalue weighted by Crippen LogP contribution is 2.27. The van der Waals surface area contributed by atoms with Crippen molar-refractivity contribution in [2.24, 2.45) is 5.73 Å². The summed E-state index contributed by atoms with van der Waals surface area (Å²) in [5.74, 6) is 0. The maximum atomic E-state index is 12.4. The van der Waals surface area contributed by atoms with Crippen molar-refractivity contribution in [2.45, 2.75) is 13.0 Å². The number of hydrogen-bond acceptors (Lipinski definition) is 4. The van der Waals surface area contributed by atoms with Crippen LogP contribution in [0.2, 0.25) is 0 Å². The van der Waals surface area contributed by atoms with Crippen LogP contribution in [0.3, 0.4) is 0 Å². The van der Waals surface area contributed by atoms with Crippen molar-refractivity contribution < 1.29 is 8.78 Å². The van der Waals surface area contributed by atoms with E-state index in [1.54, 1.807) is 6.07 Å². The Bertz CT molecular complexity index is 384. The first-order valence-corrected chi connectivity index (χ1v) is 3.77. The monoisotopic (exact) mass is 198 g/mol. The smallest absolute Gasteiger partial charge is 0.265 e. The zero-order valence-corrected chi connectivity index (χ0v) is 7.17. The van der Waals surface area contributed by atoms with E-state index in [2.05, 4.69) is 4.98 Å². The largest absolute Gasteiger partial charge is 0.397 e. The lowest BCUT2D eigenvalue weighted by Gasteiger charge is -2.08. The van der Waals surface area contributed by atoms with Gasteiger partial charge in [-0.25, -0.2) is 13.8 Å². The standard InChI is InChI=1S/C8H8F2N4/c9-8(10)5-1-4(2-11)14-6(3-12)7(5)13/h1,8H,3,12-13H2. The molecule has 0 fully saturated rings. The number of anilines is 1. The second-order valence-corrected chi connectivity index (χ2v) is 2.57. The Hall–Kier alpha value is -1.74. The van der Waals surface area contributed by atoms with E-state index in [4.69, 9.17) is 16.7 Å². The SMILES string of the molecule is N#Cc1cc(C(F)F)c(N)c(CN)n1. The van der Waals surface area contributed by atoms with Gasteiger partial charge in [-0.3, -0.25) is 0 Å².